The molecular weight excluding hydrogens is 188 g/mol. The molecule has 1 N–H and O–H groups in total. The normalized spacial score (nSPS) is 22.1. The van der Waals surface area contributed by atoms with Gasteiger partial charge in [-0.15, -0.1) is 0 Å². The first-order valence-corrected chi connectivity index (χ1v) is 5.91. The predicted molar refractivity (Wildman–Crippen MR) is 52.5 cm³/mol. The molecule has 4 nitrogen and oxygen atoms in total. The van der Waals surface area contributed by atoms with Gasteiger partial charge in [-0.1, -0.05) is 6.92 Å². The number of amides is 1. The Bertz CT molecular complexity index is 208. The number of nitrogens with zero attached hydrogens (tertiary/aromatic N) is 1. The van der Waals surface area contributed by atoms with E-state index in [0.717, 1.165) is 6.42 Å². The number of nitrogens with one attached hydrogen (secondary N) is 1. The van der Waals surface area contributed by atoms with Crippen molar-refractivity contribution in [3.05, 3.63) is 0 Å². The van der Waals surface area contributed by atoms with E-state index in [4.69, 9.17) is 0 Å². The van der Waals surface area contributed by atoms with Crippen molar-refractivity contribution in [3.63, 3.8) is 0 Å². The largest absolute Gasteiger partial charge is 0.355 e. The molecule has 13 heavy (non-hydrogen) atoms. The summed E-state index contributed by atoms with van der Waals surface area (Å²) in [6.07, 6.45) is 1.39. The van der Waals surface area contributed by atoms with Gasteiger partial charge in [0.15, 0.2) is 0 Å². The van der Waals surface area contributed by atoms with Crippen molar-refractivity contribution in [2.45, 2.75) is 19.8 Å². The topological polar surface area (TPSA) is 49.4 Å². The average Bonchev–Trinajstić information content (AvgIpc) is 2.30. The summed E-state index contributed by atoms with van der Waals surface area (Å²) in [5.41, 5.74) is 0. The second-order valence-electron chi connectivity index (χ2n) is 3.05. The minimum Gasteiger partial charge on any atom is -0.355 e. The standard InChI is InChI=1S/C8H16N2O2S/c1-2-7-13(12)10-5-3-8(11)9-4-6-10/h2-7H2,1H3,(H,9,11). The van der Waals surface area contributed by atoms with Crippen LogP contribution in [-0.2, 0) is 15.8 Å². The second kappa shape index (κ2) is 5.34. The summed E-state index contributed by atoms with van der Waals surface area (Å²) in [5, 5.41) is 2.76. The van der Waals surface area contributed by atoms with Crippen molar-refractivity contribution in [1.29, 1.82) is 0 Å². The fourth-order valence-electron chi connectivity index (χ4n) is 1.25. The molecular formula is C8H16N2O2S. The highest BCUT2D eigenvalue weighted by atomic mass is 32.2. The zero-order valence-corrected chi connectivity index (χ0v) is 8.73. The van der Waals surface area contributed by atoms with E-state index in [0.29, 0.717) is 31.8 Å². The van der Waals surface area contributed by atoms with Crippen LogP contribution in [0.5, 0.6) is 0 Å². The lowest BCUT2D eigenvalue weighted by molar-refractivity contribution is -0.120. The van der Waals surface area contributed by atoms with E-state index in [1.54, 1.807) is 0 Å². The number of hydrogen-bond donors (Lipinski definition) is 1. The Morgan fingerprint density at radius 2 is 2.31 bits per heavy atom. The Kier molecular flexibility index (Phi) is 4.38. The third kappa shape index (κ3) is 3.44. The zero-order valence-electron chi connectivity index (χ0n) is 7.91. The summed E-state index contributed by atoms with van der Waals surface area (Å²) >= 11 is 0. The molecule has 1 saturated heterocycles. The number of hydrogen-bond acceptors (Lipinski definition) is 2. The van der Waals surface area contributed by atoms with Crippen LogP contribution in [0.15, 0.2) is 0 Å². The van der Waals surface area contributed by atoms with Crippen LogP contribution in [0.2, 0.25) is 0 Å². The van der Waals surface area contributed by atoms with Crippen molar-refractivity contribution < 1.29 is 9.00 Å². The molecule has 1 amide bonds. The minimum atomic E-state index is -0.891. The SMILES string of the molecule is CCCS(=O)N1CCNC(=O)CC1. The van der Waals surface area contributed by atoms with Gasteiger partial charge in [0.2, 0.25) is 5.91 Å². The van der Waals surface area contributed by atoms with Gasteiger partial charge in [0.05, 0.1) is 11.0 Å². The lowest BCUT2D eigenvalue weighted by Gasteiger charge is -2.16. The Morgan fingerprint density at radius 3 is 3.00 bits per heavy atom. The van der Waals surface area contributed by atoms with Gasteiger partial charge in [0, 0.05) is 31.8 Å². The molecule has 1 rings (SSSR count). The molecule has 1 fully saturated rings. The molecule has 0 aromatic rings. The highest BCUT2D eigenvalue weighted by Gasteiger charge is 2.17. The first-order chi connectivity index (χ1) is 6.24. The average molecular weight is 204 g/mol. The molecule has 1 atom stereocenters. The summed E-state index contributed by atoms with van der Waals surface area (Å²) in [5.74, 6) is 0.768. The summed E-state index contributed by atoms with van der Waals surface area (Å²) in [6, 6.07) is 0. The Balaban J connectivity index is 2.41. The first kappa shape index (κ1) is 10.7. The predicted octanol–water partition coefficient (Wildman–Crippen LogP) is -0.118. The fraction of sp³-hybridized carbons (Fsp3) is 0.875. The molecule has 0 aromatic heterocycles. The maximum atomic E-state index is 11.6. The third-order valence-electron chi connectivity index (χ3n) is 1.94. The Morgan fingerprint density at radius 1 is 1.54 bits per heavy atom. The maximum Gasteiger partial charge on any atom is 0.221 e. The highest BCUT2D eigenvalue weighted by molar-refractivity contribution is 7.82. The smallest absolute Gasteiger partial charge is 0.221 e. The lowest BCUT2D eigenvalue weighted by atomic mass is 10.4. The van der Waals surface area contributed by atoms with E-state index in [2.05, 4.69) is 5.32 Å². The number of carbonyl (C=O) groups is 1. The van der Waals surface area contributed by atoms with Crippen LogP contribution in [0.3, 0.4) is 0 Å². The minimum absolute atomic E-state index is 0.0657. The summed E-state index contributed by atoms with van der Waals surface area (Å²) in [4.78, 5) is 11.0. The Labute approximate surface area is 81.3 Å². The van der Waals surface area contributed by atoms with Crippen LogP contribution in [-0.4, -0.2) is 39.8 Å². The van der Waals surface area contributed by atoms with Gasteiger partial charge >= 0.3 is 0 Å². The molecule has 0 bridgehead atoms. The molecule has 0 spiro atoms. The van der Waals surface area contributed by atoms with E-state index in [1.807, 2.05) is 11.2 Å². The van der Waals surface area contributed by atoms with E-state index < -0.39 is 11.0 Å². The van der Waals surface area contributed by atoms with E-state index >= 15 is 0 Å². The molecule has 1 aliphatic rings. The molecule has 1 heterocycles. The van der Waals surface area contributed by atoms with Crippen LogP contribution in [0.1, 0.15) is 19.8 Å². The molecule has 76 valence electrons. The first-order valence-electron chi connectivity index (χ1n) is 4.64. The van der Waals surface area contributed by atoms with Gasteiger partial charge in [-0.05, 0) is 6.42 Å². The molecule has 5 heteroatoms. The number of rotatable bonds is 3. The molecule has 0 aromatic carbocycles. The van der Waals surface area contributed by atoms with Crippen LogP contribution in [0.25, 0.3) is 0 Å². The van der Waals surface area contributed by atoms with E-state index in [-0.39, 0.29) is 5.91 Å². The number of carbonyl (C=O) groups excluding carboxylic acids is 1. The van der Waals surface area contributed by atoms with Crippen LogP contribution in [0.4, 0.5) is 0 Å². The lowest BCUT2D eigenvalue weighted by Crippen LogP contribution is -2.31. The van der Waals surface area contributed by atoms with Crippen molar-refractivity contribution in [2.24, 2.45) is 0 Å². The fourth-order valence-corrected chi connectivity index (χ4v) is 2.45. The molecule has 1 aliphatic heterocycles. The van der Waals surface area contributed by atoms with Crippen LogP contribution < -0.4 is 5.32 Å². The van der Waals surface area contributed by atoms with Crippen LogP contribution in [0, 0.1) is 0 Å². The monoisotopic (exact) mass is 204 g/mol. The summed E-state index contributed by atoms with van der Waals surface area (Å²) in [6.45, 7) is 3.96. The second-order valence-corrected chi connectivity index (χ2v) is 4.62. The van der Waals surface area contributed by atoms with Crippen molar-refractivity contribution in [3.8, 4) is 0 Å². The quantitative estimate of drug-likeness (QED) is 0.697. The third-order valence-corrected chi connectivity index (χ3v) is 3.64. The van der Waals surface area contributed by atoms with Crippen molar-refractivity contribution in [1.82, 2.24) is 9.62 Å². The van der Waals surface area contributed by atoms with Crippen molar-refractivity contribution >= 4 is 16.9 Å². The molecule has 0 aliphatic carbocycles. The van der Waals surface area contributed by atoms with E-state index in [1.165, 1.54) is 0 Å². The maximum absolute atomic E-state index is 11.6. The Hall–Kier alpha value is -0.420. The molecule has 0 radical (unpaired) electrons. The summed E-state index contributed by atoms with van der Waals surface area (Å²) in [7, 11) is -0.891. The van der Waals surface area contributed by atoms with Gasteiger partial charge in [0.1, 0.15) is 0 Å². The van der Waals surface area contributed by atoms with Gasteiger partial charge in [-0.2, -0.15) is 0 Å². The van der Waals surface area contributed by atoms with Gasteiger partial charge in [-0.25, -0.2) is 8.51 Å². The zero-order chi connectivity index (χ0) is 9.68. The van der Waals surface area contributed by atoms with E-state index in [9.17, 15) is 9.00 Å². The highest BCUT2D eigenvalue weighted by Crippen LogP contribution is 2.01. The summed E-state index contributed by atoms with van der Waals surface area (Å²) < 4.78 is 13.4. The van der Waals surface area contributed by atoms with Crippen molar-refractivity contribution in [2.75, 3.05) is 25.4 Å². The van der Waals surface area contributed by atoms with Gasteiger partial charge in [0.25, 0.3) is 0 Å². The van der Waals surface area contributed by atoms with Gasteiger partial charge in [-0.3, -0.25) is 4.79 Å². The molecule has 0 saturated carbocycles. The van der Waals surface area contributed by atoms with Crippen LogP contribution >= 0.6 is 0 Å². The van der Waals surface area contributed by atoms with Gasteiger partial charge < -0.3 is 5.32 Å². The molecule has 1 unspecified atom stereocenters.